The molecule has 1 heterocycles. The summed E-state index contributed by atoms with van der Waals surface area (Å²) in [6, 6.07) is -0.334. The van der Waals surface area contributed by atoms with Gasteiger partial charge in [0.25, 0.3) is 0 Å². The largest absolute Gasteiger partial charge is 0.426 e. The molecule has 0 saturated heterocycles. The Hall–Kier alpha value is -0.000000000000000444. The van der Waals surface area contributed by atoms with E-state index in [1.54, 1.807) is 0 Å². The van der Waals surface area contributed by atoms with Crippen molar-refractivity contribution in [3.05, 3.63) is 12.2 Å². The average Bonchev–Trinajstić information content (AvgIpc) is 3.22. The number of halogens is 4. The lowest BCUT2D eigenvalue weighted by molar-refractivity contribution is -0.783. The Kier molecular flexibility index (Phi) is 13.0. The molecule has 0 bridgehead atoms. The van der Waals surface area contributed by atoms with Crippen molar-refractivity contribution in [2.75, 3.05) is 32.8 Å². The molecule has 1 fully saturated rings. The van der Waals surface area contributed by atoms with E-state index in [0.717, 1.165) is 10.9 Å². The number of amides is 2. The van der Waals surface area contributed by atoms with E-state index in [1.807, 2.05) is 0 Å². The SMILES string of the molecule is O=C(NCC(O)CO)C1C(I)C(NCC[n+]2nocc2F)C(I)C(C(=O)NCC(O)CO)C1I. The Balaban J connectivity index is 2.19. The summed E-state index contributed by atoms with van der Waals surface area (Å²) in [7, 11) is 0. The number of hydrogen-bond acceptors (Lipinski definition) is 9. The minimum atomic E-state index is -1.10. The smallest absolute Gasteiger partial charge is 0.394 e. The van der Waals surface area contributed by atoms with Gasteiger partial charge in [-0.2, -0.15) is 0 Å². The van der Waals surface area contributed by atoms with Crippen LogP contribution in [-0.2, 0) is 16.1 Å². The van der Waals surface area contributed by atoms with Crippen LogP contribution in [0.25, 0.3) is 0 Å². The van der Waals surface area contributed by atoms with Gasteiger partial charge in [0.1, 0.15) is 0 Å². The van der Waals surface area contributed by atoms with Gasteiger partial charge in [0.15, 0.2) is 6.54 Å². The molecule has 0 radical (unpaired) electrons. The van der Waals surface area contributed by atoms with E-state index in [9.17, 15) is 24.2 Å². The third-order valence-electron chi connectivity index (χ3n) is 5.36. The monoisotopic (exact) mass is 826 g/mol. The number of aromatic nitrogens is 2. The molecule has 6 atom stereocenters. The molecule has 0 aromatic carbocycles. The fraction of sp³-hybridized carbons (Fsp3) is 0.778. The fourth-order valence-electron chi connectivity index (χ4n) is 3.51. The van der Waals surface area contributed by atoms with Gasteiger partial charge in [0.05, 0.1) is 43.8 Å². The number of carbonyl (C=O) groups excluding carboxylic acids is 2. The van der Waals surface area contributed by atoms with Crippen LogP contribution < -0.4 is 20.6 Å². The van der Waals surface area contributed by atoms with Crippen LogP contribution in [0.5, 0.6) is 0 Å². The summed E-state index contributed by atoms with van der Waals surface area (Å²) in [5.41, 5.74) is 0. The molecule has 7 N–H and O–H groups in total. The van der Waals surface area contributed by atoms with E-state index in [2.05, 4.69) is 93.5 Å². The summed E-state index contributed by atoms with van der Waals surface area (Å²) in [6.07, 6.45) is -1.33. The van der Waals surface area contributed by atoms with Crippen molar-refractivity contribution < 1.29 is 43.6 Å². The predicted octanol–water partition coefficient (Wildman–Crippen LogP) is -2.34. The lowest BCUT2D eigenvalue weighted by Crippen LogP contribution is -2.64. The highest BCUT2D eigenvalue weighted by Crippen LogP contribution is 2.43. The van der Waals surface area contributed by atoms with E-state index in [4.69, 9.17) is 10.2 Å². The van der Waals surface area contributed by atoms with Crippen molar-refractivity contribution in [3.63, 3.8) is 0 Å². The maximum atomic E-state index is 13.6. The van der Waals surface area contributed by atoms with Crippen LogP contribution in [0.4, 0.5) is 4.39 Å². The highest BCUT2D eigenvalue weighted by atomic mass is 127. The summed E-state index contributed by atoms with van der Waals surface area (Å²) in [6.45, 7) is -0.809. The topological polar surface area (TPSA) is 181 Å². The minimum absolute atomic E-state index is 0.133. The van der Waals surface area contributed by atoms with Crippen molar-refractivity contribution in [3.8, 4) is 0 Å². The summed E-state index contributed by atoms with van der Waals surface area (Å²) < 4.78 is 18.3. The number of hydrogen-bond donors (Lipinski definition) is 7. The average molecular weight is 826 g/mol. The molecule has 12 nitrogen and oxygen atoms in total. The predicted molar refractivity (Wildman–Crippen MR) is 141 cm³/mol. The number of aliphatic hydroxyl groups excluding tert-OH is 4. The number of aliphatic hydroxyl groups is 4. The Morgan fingerprint density at radius 3 is 1.94 bits per heavy atom. The molecule has 2 amide bonds. The summed E-state index contributed by atoms with van der Waals surface area (Å²) in [5, 5.41) is 49.4. The van der Waals surface area contributed by atoms with Crippen LogP contribution in [0, 0.1) is 17.8 Å². The molecular formula is C18H28FI3N5O7+. The second kappa shape index (κ2) is 14.7. The molecule has 1 saturated carbocycles. The van der Waals surface area contributed by atoms with E-state index in [0.29, 0.717) is 6.54 Å². The first kappa shape index (κ1) is 30.2. The van der Waals surface area contributed by atoms with Crippen LogP contribution in [0.3, 0.4) is 0 Å². The number of rotatable bonds is 12. The Morgan fingerprint density at radius 1 is 1.03 bits per heavy atom. The van der Waals surface area contributed by atoms with Gasteiger partial charge in [-0.15, -0.1) is 4.39 Å². The Labute approximate surface area is 236 Å². The second-order valence-electron chi connectivity index (χ2n) is 7.78. The van der Waals surface area contributed by atoms with Crippen LogP contribution >= 0.6 is 67.8 Å². The van der Waals surface area contributed by atoms with Gasteiger partial charge in [-0.25, -0.2) is 0 Å². The number of nitrogens with one attached hydrogen (secondary N) is 3. The van der Waals surface area contributed by atoms with Crippen molar-refractivity contribution in [1.82, 2.24) is 21.2 Å². The number of nitrogens with zero attached hydrogens (tertiary/aromatic N) is 2. The van der Waals surface area contributed by atoms with Gasteiger partial charge in [-0.1, -0.05) is 67.8 Å². The van der Waals surface area contributed by atoms with Crippen molar-refractivity contribution in [2.24, 2.45) is 11.8 Å². The molecule has 0 aliphatic heterocycles. The van der Waals surface area contributed by atoms with E-state index >= 15 is 0 Å². The zero-order valence-corrected chi connectivity index (χ0v) is 24.3. The normalized spacial score (nSPS) is 28.8. The number of carbonyl (C=O) groups is 2. The Bertz CT molecular complexity index is 770. The molecule has 34 heavy (non-hydrogen) atoms. The first-order valence-corrected chi connectivity index (χ1v) is 14.1. The third kappa shape index (κ3) is 8.00. The van der Waals surface area contributed by atoms with Gasteiger partial charge >= 0.3 is 5.95 Å². The maximum absolute atomic E-state index is 13.6. The molecule has 0 spiro atoms. The molecule has 6 unspecified atom stereocenters. The second-order valence-corrected chi connectivity index (χ2v) is 12.1. The first-order valence-electron chi connectivity index (χ1n) is 10.4. The highest BCUT2D eigenvalue weighted by Gasteiger charge is 2.53. The van der Waals surface area contributed by atoms with Gasteiger partial charge in [0.2, 0.25) is 23.3 Å². The van der Waals surface area contributed by atoms with Gasteiger partial charge < -0.3 is 40.9 Å². The lowest BCUT2D eigenvalue weighted by Gasteiger charge is -2.45. The van der Waals surface area contributed by atoms with Gasteiger partial charge in [0, 0.05) is 30.9 Å². The van der Waals surface area contributed by atoms with E-state index in [-0.39, 0.29) is 45.3 Å². The minimum Gasteiger partial charge on any atom is -0.394 e. The van der Waals surface area contributed by atoms with E-state index in [1.165, 1.54) is 0 Å². The van der Waals surface area contributed by atoms with Crippen molar-refractivity contribution in [1.29, 1.82) is 0 Å². The molecular weight excluding hydrogens is 798 g/mol. The quantitative estimate of drug-likeness (QED) is 0.0691. The zero-order chi connectivity index (χ0) is 25.4. The van der Waals surface area contributed by atoms with Gasteiger partial charge in [-0.3, -0.25) is 9.59 Å². The van der Waals surface area contributed by atoms with Crippen LogP contribution in [0.15, 0.2) is 10.8 Å². The van der Waals surface area contributed by atoms with Crippen LogP contribution in [0.1, 0.15) is 0 Å². The molecule has 1 aliphatic carbocycles. The summed E-state index contributed by atoms with van der Waals surface area (Å²) >= 11 is 6.40. The molecule has 1 aromatic rings. The lowest BCUT2D eigenvalue weighted by atomic mass is 9.77. The third-order valence-corrected chi connectivity index (χ3v) is 10.0. The van der Waals surface area contributed by atoms with Gasteiger partial charge in [-0.05, 0) is 4.68 Å². The zero-order valence-electron chi connectivity index (χ0n) is 17.9. The molecule has 2 rings (SSSR count). The molecule has 1 aliphatic rings. The standard InChI is InChI=1S/C18H27FI3N5O7/c19-10-7-34-26-27(10)2-1-23-16-14(21)11(17(32)24-3-8(30)5-28)13(20)12(15(16)22)18(33)25-4-9(31)6-29/h7-9,11-16,23,28-31H,1-6H2,(H-,24,25,32,33)/p+1. The van der Waals surface area contributed by atoms with Crippen LogP contribution in [0.2, 0.25) is 0 Å². The maximum Gasteiger partial charge on any atom is 0.426 e. The highest BCUT2D eigenvalue weighted by molar-refractivity contribution is 14.1. The molecule has 16 heteroatoms. The van der Waals surface area contributed by atoms with E-state index < -0.39 is 47.1 Å². The van der Waals surface area contributed by atoms with Crippen molar-refractivity contribution >= 4 is 79.6 Å². The molecule has 194 valence electrons. The van der Waals surface area contributed by atoms with Crippen LogP contribution in [-0.4, -0.2) is 100 Å². The first-order chi connectivity index (χ1) is 16.1. The summed E-state index contributed by atoms with van der Waals surface area (Å²) in [4.78, 5) is 26.1. The summed E-state index contributed by atoms with van der Waals surface area (Å²) in [5.74, 6) is -2.64. The number of alkyl halides is 3. The van der Waals surface area contributed by atoms with Crippen molar-refractivity contribution in [2.45, 2.75) is 36.6 Å². The fourth-order valence-corrected chi connectivity index (χ4v) is 10.4. The Morgan fingerprint density at radius 2 is 1.53 bits per heavy atom. The molecule has 1 aromatic heterocycles.